The second kappa shape index (κ2) is 7.36. The van der Waals surface area contributed by atoms with Crippen LogP contribution in [-0.4, -0.2) is 36.7 Å². The number of rotatable bonds is 7. The summed E-state index contributed by atoms with van der Waals surface area (Å²) in [5.41, 5.74) is -0.839. The topological polar surface area (TPSA) is 75.6 Å². The summed E-state index contributed by atoms with van der Waals surface area (Å²) in [6.07, 6.45) is 4.19. The Kier molecular flexibility index (Phi) is 6.12. The molecule has 0 radical (unpaired) electrons. The van der Waals surface area contributed by atoms with Crippen molar-refractivity contribution in [2.45, 2.75) is 45.4 Å². The van der Waals surface area contributed by atoms with Gasteiger partial charge in [-0.25, -0.2) is 0 Å². The third-order valence-electron chi connectivity index (χ3n) is 3.54. The summed E-state index contributed by atoms with van der Waals surface area (Å²) >= 11 is 0. The molecule has 0 aliphatic heterocycles. The average Bonchev–Trinajstić information content (AvgIpc) is 2.35. The standard InChI is InChI=1S/C13H23NO4/c1-2-18-9-8-14-11(15)10-13(12(16)17)6-4-3-5-7-13/h2-10H2,1H3,(H,14,15)(H,16,17). The van der Waals surface area contributed by atoms with Crippen molar-refractivity contribution >= 4 is 11.9 Å². The van der Waals surface area contributed by atoms with Crippen LogP contribution in [0, 0.1) is 5.41 Å². The lowest BCUT2D eigenvalue weighted by Crippen LogP contribution is -2.39. The van der Waals surface area contributed by atoms with Crippen LogP contribution in [0.1, 0.15) is 45.4 Å². The summed E-state index contributed by atoms with van der Waals surface area (Å²) < 4.78 is 5.12. The average molecular weight is 257 g/mol. The highest BCUT2D eigenvalue weighted by Crippen LogP contribution is 2.39. The van der Waals surface area contributed by atoms with Crippen LogP contribution in [0.15, 0.2) is 0 Å². The zero-order valence-electron chi connectivity index (χ0n) is 11.0. The summed E-state index contributed by atoms with van der Waals surface area (Å²) in [5.74, 6) is -1.01. The molecular formula is C13H23NO4. The fourth-order valence-electron chi connectivity index (χ4n) is 2.47. The minimum atomic E-state index is -0.839. The Balaban J connectivity index is 2.41. The largest absolute Gasteiger partial charge is 0.481 e. The van der Waals surface area contributed by atoms with Crippen LogP contribution in [0.25, 0.3) is 0 Å². The van der Waals surface area contributed by atoms with Gasteiger partial charge in [-0.15, -0.1) is 0 Å². The first kappa shape index (κ1) is 15.0. The van der Waals surface area contributed by atoms with Gasteiger partial charge in [0.2, 0.25) is 5.91 Å². The van der Waals surface area contributed by atoms with Gasteiger partial charge >= 0.3 is 5.97 Å². The van der Waals surface area contributed by atoms with Gasteiger partial charge in [-0.05, 0) is 19.8 Å². The number of aliphatic carboxylic acids is 1. The molecule has 0 atom stereocenters. The number of carbonyl (C=O) groups is 2. The van der Waals surface area contributed by atoms with Gasteiger partial charge in [0.1, 0.15) is 0 Å². The van der Waals surface area contributed by atoms with Crippen molar-refractivity contribution in [3.05, 3.63) is 0 Å². The molecule has 1 aliphatic carbocycles. The van der Waals surface area contributed by atoms with E-state index in [0.29, 0.717) is 32.6 Å². The van der Waals surface area contributed by atoms with Gasteiger partial charge in [0, 0.05) is 19.6 Å². The van der Waals surface area contributed by atoms with Gasteiger partial charge in [0.15, 0.2) is 0 Å². The zero-order valence-corrected chi connectivity index (χ0v) is 11.0. The van der Waals surface area contributed by atoms with Crippen LogP contribution in [0.5, 0.6) is 0 Å². The van der Waals surface area contributed by atoms with E-state index in [1.54, 1.807) is 0 Å². The van der Waals surface area contributed by atoms with E-state index in [4.69, 9.17) is 4.74 Å². The van der Waals surface area contributed by atoms with Crippen molar-refractivity contribution in [1.29, 1.82) is 0 Å². The molecule has 0 aromatic carbocycles. The molecule has 0 heterocycles. The van der Waals surface area contributed by atoms with Crippen molar-refractivity contribution in [3.8, 4) is 0 Å². The van der Waals surface area contributed by atoms with Crippen molar-refractivity contribution in [3.63, 3.8) is 0 Å². The molecule has 1 amide bonds. The summed E-state index contributed by atoms with van der Waals surface area (Å²) in [4.78, 5) is 23.1. The van der Waals surface area contributed by atoms with Crippen LogP contribution in [0.2, 0.25) is 0 Å². The van der Waals surface area contributed by atoms with E-state index in [1.807, 2.05) is 6.92 Å². The highest BCUT2D eigenvalue weighted by atomic mass is 16.5. The van der Waals surface area contributed by atoms with Gasteiger partial charge in [0.25, 0.3) is 0 Å². The van der Waals surface area contributed by atoms with Gasteiger partial charge < -0.3 is 15.2 Å². The van der Waals surface area contributed by atoms with Gasteiger partial charge in [0.05, 0.1) is 12.0 Å². The lowest BCUT2D eigenvalue weighted by Gasteiger charge is -2.32. The van der Waals surface area contributed by atoms with E-state index in [0.717, 1.165) is 19.3 Å². The highest BCUT2D eigenvalue weighted by Gasteiger charge is 2.41. The molecule has 2 N–H and O–H groups in total. The van der Waals surface area contributed by atoms with Crippen molar-refractivity contribution in [1.82, 2.24) is 5.32 Å². The Morgan fingerprint density at radius 1 is 1.28 bits per heavy atom. The molecule has 0 bridgehead atoms. The molecule has 5 heteroatoms. The first-order valence-corrected chi connectivity index (χ1v) is 6.68. The first-order chi connectivity index (χ1) is 8.60. The maximum absolute atomic E-state index is 11.8. The number of hydrogen-bond acceptors (Lipinski definition) is 3. The minimum absolute atomic E-state index is 0.0917. The fourth-order valence-corrected chi connectivity index (χ4v) is 2.47. The SMILES string of the molecule is CCOCCNC(=O)CC1(C(=O)O)CCCCC1. The summed E-state index contributed by atoms with van der Waals surface area (Å²) in [5, 5.41) is 12.1. The third kappa shape index (κ3) is 4.29. The number of nitrogens with one attached hydrogen (secondary N) is 1. The van der Waals surface area contributed by atoms with Crippen molar-refractivity contribution in [2.75, 3.05) is 19.8 Å². The van der Waals surface area contributed by atoms with Crippen LogP contribution >= 0.6 is 0 Å². The summed E-state index contributed by atoms with van der Waals surface area (Å²) in [6, 6.07) is 0. The number of carboxylic acids is 1. The molecule has 0 unspecified atom stereocenters. The monoisotopic (exact) mass is 257 g/mol. The Morgan fingerprint density at radius 2 is 1.94 bits per heavy atom. The third-order valence-corrected chi connectivity index (χ3v) is 3.54. The number of carboxylic acid groups (broad SMARTS) is 1. The Hall–Kier alpha value is -1.10. The van der Waals surface area contributed by atoms with Crippen LogP contribution in [0.4, 0.5) is 0 Å². The van der Waals surface area contributed by atoms with E-state index in [-0.39, 0.29) is 12.3 Å². The normalized spacial score (nSPS) is 18.3. The zero-order chi connectivity index (χ0) is 13.4. The molecule has 0 aromatic heterocycles. The molecule has 1 fully saturated rings. The molecule has 0 aromatic rings. The maximum atomic E-state index is 11.8. The van der Waals surface area contributed by atoms with Gasteiger partial charge in [-0.1, -0.05) is 19.3 Å². The summed E-state index contributed by atoms with van der Waals surface area (Å²) in [7, 11) is 0. The quantitative estimate of drug-likeness (QED) is 0.679. The Morgan fingerprint density at radius 3 is 2.50 bits per heavy atom. The number of carbonyl (C=O) groups excluding carboxylic acids is 1. The maximum Gasteiger partial charge on any atom is 0.310 e. The van der Waals surface area contributed by atoms with Crippen LogP contribution in [0.3, 0.4) is 0 Å². The molecule has 104 valence electrons. The Labute approximate surface area is 108 Å². The van der Waals surface area contributed by atoms with E-state index in [2.05, 4.69) is 5.32 Å². The summed E-state index contributed by atoms with van der Waals surface area (Å²) in [6.45, 7) is 3.43. The van der Waals surface area contributed by atoms with Crippen LogP contribution < -0.4 is 5.32 Å². The lowest BCUT2D eigenvalue weighted by atomic mass is 9.71. The number of hydrogen-bond donors (Lipinski definition) is 2. The molecular weight excluding hydrogens is 234 g/mol. The Bertz CT molecular complexity index is 285. The van der Waals surface area contributed by atoms with E-state index in [9.17, 15) is 14.7 Å². The molecule has 1 saturated carbocycles. The van der Waals surface area contributed by atoms with Crippen molar-refractivity contribution < 1.29 is 19.4 Å². The fraction of sp³-hybridized carbons (Fsp3) is 0.846. The predicted molar refractivity (Wildman–Crippen MR) is 67.3 cm³/mol. The van der Waals surface area contributed by atoms with Crippen LogP contribution in [-0.2, 0) is 14.3 Å². The smallest absolute Gasteiger partial charge is 0.310 e. The van der Waals surface area contributed by atoms with Gasteiger partial charge in [-0.2, -0.15) is 0 Å². The highest BCUT2D eigenvalue weighted by molar-refractivity contribution is 5.85. The second-order valence-electron chi connectivity index (χ2n) is 4.87. The predicted octanol–water partition coefficient (Wildman–Crippen LogP) is 1.56. The molecule has 18 heavy (non-hydrogen) atoms. The number of ether oxygens (including phenoxy) is 1. The number of amides is 1. The molecule has 0 saturated heterocycles. The molecule has 0 spiro atoms. The van der Waals surface area contributed by atoms with E-state index < -0.39 is 11.4 Å². The second-order valence-corrected chi connectivity index (χ2v) is 4.87. The minimum Gasteiger partial charge on any atom is -0.481 e. The molecule has 1 aliphatic rings. The molecule has 1 rings (SSSR count). The lowest BCUT2D eigenvalue weighted by molar-refractivity contribution is -0.154. The first-order valence-electron chi connectivity index (χ1n) is 6.68. The van der Waals surface area contributed by atoms with E-state index in [1.165, 1.54) is 0 Å². The van der Waals surface area contributed by atoms with Crippen molar-refractivity contribution in [2.24, 2.45) is 5.41 Å². The van der Waals surface area contributed by atoms with E-state index >= 15 is 0 Å². The van der Waals surface area contributed by atoms with Gasteiger partial charge in [-0.3, -0.25) is 9.59 Å². The molecule has 5 nitrogen and oxygen atoms in total.